The number of Topliss-reactive ketones (excluding diaryl/α,β-unsaturated/α-hetero) is 1. The van der Waals surface area contributed by atoms with Crippen molar-refractivity contribution in [1.82, 2.24) is 24.9 Å². The molecule has 0 spiro atoms. The molecule has 1 aliphatic carbocycles. The topological polar surface area (TPSA) is 96.5 Å². The first-order chi connectivity index (χ1) is 15.2. The van der Waals surface area contributed by atoms with Crippen molar-refractivity contribution < 1.29 is 4.79 Å². The average Bonchev–Trinajstić information content (AvgIpc) is 3.53. The van der Waals surface area contributed by atoms with Gasteiger partial charge in [-0.25, -0.2) is 9.97 Å². The van der Waals surface area contributed by atoms with Crippen molar-refractivity contribution in [3.05, 3.63) is 72.6 Å². The number of benzene rings is 2. The number of hydrogen-bond donors (Lipinski definition) is 2. The van der Waals surface area contributed by atoms with Gasteiger partial charge in [-0.15, -0.1) is 0 Å². The van der Waals surface area contributed by atoms with Crippen molar-refractivity contribution in [2.75, 3.05) is 5.32 Å². The van der Waals surface area contributed by atoms with Crippen molar-refractivity contribution in [1.29, 1.82) is 0 Å². The summed E-state index contributed by atoms with van der Waals surface area (Å²) in [6, 6.07) is 17.8. The second kappa shape index (κ2) is 8.69. The minimum Gasteiger partial charge on any atom is -0.331 e. The molecule has 31 heavy (non-hydrogen) atoms. The van der Waals surface area contributed by atoms with Crippen LogP contribution in [0.2, 0.25) is 0 Å². The zero-order valence-corrected chi connectivity index (χ0v) is 17.5. The van der Waals surface area contributed by atoms with Crippen molar-refractivity contribution in [2.45, 2.75) is 29.3 Å². The third kappa shape index (κ3) is 4.97. The van der Waals surface area contributed by atoms with Crippen molar-refractivity contribution in [3.8, 4) is 11.4 Å². The first-order valence-corrected chi connectivity index (χ1v) is 10.9. The lowest BCUT2D eigenvalue weighted by Crippen LogP contribution is -2.04. The Morgan fingerprint density at radius 1 is 1.03 bits per heavy atom. The van der Waals surface area contributed by atoms with Crippen molar-refractivity contribution in [3.63, 3.8) is 0 Å². The molecule has 0 atom stereocenters. The van der Waals surface area contributed by atoms with Crippen LogP contribution in [0.1, 0.15) is 18.4 Å². The quantitative estimate of drug-likeness (QED) is 0.421. The number of imidazole rings is 1. The molecular weight excluding hydrogens is 408 g/mol. The highest BCUT2D eigenvalue weighted by molar-refractivity contribution is 7.99. The van der Waals surface area contributed by atoms with Crippen molar-refractivity contribution >= 4 is 29.4 Å². The van der Waals surface area contributed by atoms with E-state index in [2.05, 4.69) is 30.2 Å². The Morgan fingerprint density at radius 2 is 1.84 bits per heavy atom. The summed E-state index contributed by atoms with van der Waals surface area (Å²) in [5, 5.41) is 3.66. The van der Waals surface area contributed by atoms with E-state index in [0.29, 0.717) is 35.1 Å². The van der Waals surface area contributed by atoms with Crippen molar-refractivity contribution in [2.24, 2.45) is 5.92 Å². The molecule has 5 rings (SSSR count). The smallest absolute Gasteiger partial charge is 0.234 e. The van der Waals surface area contributed by atoms with Gasteiger partial charge < -0.3 is 4.98 Å². The fourth-order valence-corrected chi connectivity index (χ4v) is 3.89. The SMILES string of the molecule is O=C(Cc1ccc(Sc2nc(Nc3ncc[nH]3)nc(-c3ccccc3)n2)cc1)C1CC1. The van der Waals surface area contributed by atoms with E-state index in [-0.39, 0.29) is 5.92 Å². The third-order valence-corrected chi connectivity index (χ3v) is 5.79. The second-order valence-corrected chi connectivity index (χ2v) is 8.40. The van der Waals surface area contributed by atoms with Gasteiger partial charge in [-0.2, -0.15) is 9.97 Å². The van der Waals surface area contributed by atoms with E-state index in [1.807, 2.05) is 54.6 Å². The number of aromatic amines is 1. The number of aromatic nitrogens is 5. The molecule has 2 heterocycles. The minimum absolute atomic E-state index is 0.288. The number of H-pyrrole nitrogens is 1. The van der Waals surface area contributed by atoms with Gasteiger partial charge >= 0.3 is 0 Å². The molecule has 0 amide bonds. The normalized spacial score (nSPS) is 13.2. The van der Waals surface area contributed by atoms with Crippen LogP contribution < -0.4 is 5.32 Å². The van der Waals surface area contributed by atoms with Crippen LogP contribution in [0.5, 0.6) is 0 Å². The maximum Gasteiger partial charge on any atom is 0.234 e. The molecule has 8 heteroatoms. The molecule has 0 aliphatic heterocycles. The van der Waals surface area contributed by atoms with Gasteiger partial charge in [-0.05, 0) is 42.3 Å². The molecule has 2 aromatic carbocycles. The molecule has 7 nitrogen and oxygen atoms in total. The fourth-order valence-electron chi connectivity index (χ4n) is 3.15. The highest BCUT2D eigenvalue weighted by Crippen LogP contribution is 2.32. The number of anilines is 2. The first kappa shape index (κ1) is 19.4. The molecule has 2 N–H and O–H groups in total. The predicted octanol–water partition coefficient (Wildman–Crippen LogP) is 4.68. The van der Waals surface area contributed by atoms with Crippen LogP contribution in [0.4, 0.5) is 11.9 Å². The van der Waals surface area contributed by atoms with Crippen LogP contribution in [-0.4, -0.2) is 30.7 Å². The van der Waals surface area contributed by atoms with E-state index < -0.39 is 0 Å². The maximum atomic E-state index is 12.0. The maximum absolute atomic E-state index is 12.0. The van der Waals surface area contributed by atoms with E-state index in [1.165, 1.54) is 11.8 Å². The molecule has 1 saturated carbocycles. The number of nitrogens with one attached hydrogen (secondary N) is 2. The summed E-state index contributed by atoms with van der Waals surface area (Å²) in [4.78, 5) is 33.9. The summed E-state index contributed by atoms with van der Waals surface area (Å²) in [7, 11) is 0. The van der Waals surface area contributed by atoms with Gasteiger partial charge in [0.15, 0.2) is 11.0 Å². The Hall–Kier alpha value is -3.52. The lowest BCUT2D eigenvalue weighted by atomic mass is 10.1. The standard InChI is InChI=1S/C23H20N6OS/c30-19(16-8-9-16)14-15-6-10-18(11-7-15)31-23-27-20(17-4-2-1-3-5-17)26-22(29-23)28-21-24-12-13-25-21/h1-7,10-13,16H,8-9,14H2,(H2,24,25,26,27,28,29). The lowest BCUT2D eigenvalue weighted by Gasteiger charge is -2.08. The summed E-state index contributed by atoms with van der Waals surface area (Å²) in [5.41, 5.74) is 1.95. The van der Waals surface area contributed by atoms with Gasteiger partial charge in [0.2, 0.25) is 11.9 Å². The summed E-state index contributed by atoms with van der Waals surface area (Å²) in [5.74, 6) is 2.19. The predicted molar refractivity (Wildman–Crippen MR) is 119 cm³/mol. The van der Waals surface area contributed by atoms with E-state index in [9.17, 15) is 4.79 Å². The minimum atomic E-state index is 0.288. The molecule has 1 fully saturated rings. The average molecular weight is 429 g/mol. The van der Waals surface area contributed by atoms with Crippen LogP contribution in [-0.2, 0) is 11.2 Å². The summed E-state index contributed by atoms with van der Waals surface area (Å²) in [6.07, 6.45) is 5.99. The van der Waals surface area contributed by atoms with Gasteiger partial charge in [0, 0.05) is 35.2 Å². The van der Waals surface area contributed by atoms with Crippen LogP contribution in [0.25, 0.3) is 11.4 Å². The fraction of sp³-hybridized carbons (Fsp3) is 0.174. The Balaban J connectivity index is 1.38. The highest BCUT2D eigenvalue weighted by atomic mass is 32.2. The Bertz CT molecular complexity index is 1170. The summed E-state index contributed by atoms with van der Waals surface area (Å²) < 4.78 is 0. The molecule has 0 radical (unpaired) electrons. The van der Waals surface area contributed by atoms with Gasteiger partial charge in [-0.1, -0.05) is 42.5 Å². The summed E-state index contributed by atoms with van der Waals surface area (Å²) in [6.45, 7) is 0. The van der Waals surface area contributed by atoms with E-state index in [0.717, 1.165) is 28.9 Å². The largest absolute Gasteiger partial charge is 0.331 e. The van der Waals surface area contributed by atoms with Gasteiger partial charge in [-0.3, -0.25) is 10.1 Å². The van der Waals surface area contributed by atoms with Crippen LogP contribution in [0.3, 0.4) is 0 Å². The zero-order valence-electron chi connectivity index (χ0n) is 16.7. The van der Waals surface area contributed by atoms with E-state index in [4.69, 9.17) is 0 Å². The molecule has 0 saturated heterocycles. The van der Waals surface area contributed by atoms with E-state index in [1.54, 1.807) is 12.4 Å². The van der Waals surface area contributed by atoms with E-state index >= 15 is 0 Å². The molecule has 4 aromatic rings. The molecule has 154 valence electrons. The first-order valence-electron chi connectivity index (χ1n) is 10.1. The molecule has 0 unspecified atom stereocenters. The molecule has 2 aromatic heterocycles. The highest BCUT2D eigenvalue weighted by Gasteiger charge is 2.29. The second-order valence-electron chi connectivity index (χ2n) is 7.36. The molecular formula is C23H20N6OS. The monoisotopic (exact) mass is 428 g/mol. The number of nitrogens with zero attached hydrogens (tertiary/aromatic N) is 4. The Kier molecular flexibility index (Phi) is 5.45. The summed E-state index contributed by atoms with van der Waals surface area (Å²) >= 11 is 1.45. The Labute approximate surface area is 183 Å². The van der Waals surface area contributed by atoms with Crippen LogP contribution in [0, 0.1) is 5.92 Å². The molecule has 1 aliphatic rings. The Morgan fingerprint density at radius 3 is 2.55 bits per heavy atom. The number of ketones is 1. The number of carbonyl (C=O) groups excluding carboxylic acids is 1. The van der Waals surface area contributed by atoms with Crippen LogP contribution in [0.15, 0.2) is 77.0 Å². The van der Waals surface area contributed by atoms with Gasteiger partial charge in [0.05, 0.1) is 0 Å². The van der Waals surface area contributed by atoms with Gasteiger partial charge in [0.25, 0.3) is 0 Å². The number of rotatable bonds is 8. The number of hydrogen-bond acceptors (Lipinski definition) is 7. The number of carbonyl (C=O) groups is 1. The zero-order chi connectivity index (χ0) is 21.0. The lowest BCUT2D eigenvalue weighted by molar-refractivity contribution is -0.119. The molecule has 0 bridgehead atoms. The third-order valence-electron chi connectivity index (χ3n) is 4.92. The van der Waals surface area contributed by atoms with Crippen LogP contribution >= 0.6 is 11.8 Å². The van der Waals surface area contributed by atoms with Gasteiger partial charge in [0.1, 0.15) is 5.78 Å².